The molecule has 0 spiro atoms. The quantitative estimate of drug-likeness (QED) is 0.227. The van der Waals surface area contributed by atoms with E-state index in [1.54, 1.807) is 60.7 Å². The van der Waals surface area contributed by atoms with Gasteiger partial charge < -0.3 is 4.42 Å². The van der Waals surface area contributed by atoms with E-state index in [-0.39, 0.29) is 11.4 Å². The normalized spacial score (nSPS) is 21.2. The fourth-order valence-electron chi connectivity index (χ4n) is 4.83. The van der Waals surface area contributed by atoms with Crippen LogP contribution < -0.4 is 9.96 Å². The number of carbonyl (C=O) groups is 2. The minimum absolute atomic E-state index is 0.0961. The van der Waals surface area contributed by atoms with Gasteiger partial charge >= 0.3 is 0 Å². The largest absolute Gasteiger partial charge is 0.458 e. The van der Waals surface area contributed by atoms with Crippen LogP contribution in [-0.4, -0.2) is 22.8 Å². The van der Waals surface area contributed by atoms with Crippen molar-refractivity contribution in [1.82, 2.24) is 0 Å². The van der Waals surface area contributed by atoms with Crippen molar-refractivity contribution < 1.29 is 23.8 Å². The Kier molecular flexibility index (Phi) is 5.12. The zero-order valence-corrected chi connectivity index (χ0v) is 18.8. The highest BCUT2D eigenvalue weighted by atomic mass is 16.7. The Bertz CT molecular complexity index is 1470. The molecular weight excluding hydrogens is 462 g/mol. The summed E-state index contributed by atoms with van der Waals surface area (Å²) >= 11 is 0. The molecule has 1 aromatic heterocycles. The van der Waals surface area contributed by atoms with Crippen LogP contribution in [0.4, 0.5) is 17.1 Å². The third kappa shape index (κ3) is 3.37. The van der Waals surface area contributed by atoms with Gasteiger partial charge in [0.25, 0.3) is 11.6 Å². The van der Waals surface area contributed by atoms with Crippen molar-refractivity contribution in [3.63, 3.8) is 0 Å². The Morgan fingerprint density at radius 3 is 2.08 bits per heavy atom. The number of nitrogens with zero attached hydrogens (tertiary/aromatic N) is 3. The number of hydrogen-bond acceptors (Lipinski definition) is 7. The second-order valence-corrected chi connectivity index (χ2v) is 8.48. The molecule has 2 aliphatic heterocycles. The van der Waals surface area contributed by atoms with Gasteiger partial charge in [0, 0.05) is 6.07 Å². The van der Waals surface area contributed by atoms with Crippen LogP contribution in [0.2, 0.25) is 0 Å². The van der Waals surface area contributed by atoms with Gasteiger partial charge in [-0.3, -0.25) is 24.5 Å². The highest BCUT2D eigenvalue weighted by Crippen LogP contribution is 2.48. The van der Waals surface area contributed by atoms with Gasteiger partial charge in [0.05, 0.1) is 21.9 Å². The maximum atomic E-state index is 13.6. The molecule has 2 fully saturated rings. The number of carbonyl (C=O) groups excluding carboxylic acids is 2. The van der Waals surface area contributed by atoms with Crippen LogP contribution in [0.3, 0.4) is 0 Å². The van der Waals surface area contributed by atoms with Gasteiger partial charge in [0.2, 0.25) is 5.91 Å². The second kappa shape index (κ2) is 8.47. The summed E-state index contributed by atoms with van der Waals surface area (Å²) in [5.74, 6) is -1.09. The molecule has 2 saturated heterocycles. The Morgan fingerprint density at radius 2 is 1.39 bits per heavy atom. The third-order valence-electron chi connectivity index (χ3n) is 6.42. The Labute approximate surface area is 205 Å². The van der Waals surface area contributed by atoms with Crippen molar-refractivity contribution in [3.8, 4) is 11.3 Å². The lowest BCUT2D eigenvalue weighted by atomic mass is 9.94. The first-order valence-corrected chi connectivity index (χ1v) is 11.3. The van der Waals surface area contributed by atoms with Crippen LogP contribution in [0.1, 0.15) is 11.8 Å². The standard InChI is InChI=1S/C27H19N3O6/c31-26-23-24(22-16-15-21(35-22)19-13-7-8-14-20(19)30(33)34)29(18-11-5-2-6-12-18)36-25(23)27(32)28(26)17-9-3-1-4-10-17/h1-16,23-25H/t23-,24-,25+/m0/s1. The first kappa shape index (κ1) is 21.8. The predicted octanol–water partition coefficient (Wildman–Crippen LogP) is 4.91. The number of benzene rings is 3. The van der Waals surface area contributed by atoms with E-state index in [2.05, 4.69) is 0 Å². The fourth-order valence-corrected chi connectivity index (χ4v) is 4.83. The minimum atomic E-state index is -1.04. The van der Waals surface area contributed by atoms with Crippen molar-refractivity contribution in [2.45, 2.75) is 12.1 Å². The summed E-state index contributed by atoms with van der Waals surface area (Å²) in [7, 11) is 0. The van der Waals surface area contributed by atoms with Crippen molar-refractivity contribution in [3.05, 3.63) is 113 Å². The van der Waals surface area contributed by atoms with E-state index in [0.717, 1.165) is 4.90 Å². The zero-order valence-electron chi connectivity index (χ0n) is 18.8. The molecule has 3 aromatic carbocycles. The first-order chi connectivity index (χ1) is 17.5. The van der Waals surface area contributed by atoms with Crippen LogP contribution >= 0.6 is 0 Å². The molecule has 9 heteroatoms. The number of amides is 2. The van der Waals surface area contributed by atoms with Gasteiger partial charge in [-0.1, -0.05) is 48.5 Å². The summed E-state index contributed by atoms with van der Waals surface area (Å²) in [6, 6.07) is 26.6. The van der Waals surface area contributed by atoms with Gasteiger partial charge in [-0.2, -0.15) is 0 Å². The molecule has 0 aliphatic carbocycles. The van der Waals surface area contributed by atoms with Crippen LogP contribution in [0.15, 0.2) is 101 Å². The molecule has 0 radical (unpaired) electrons. The van der Waals surface area contributed by atoms with Gasteiger partial charge in [-0.15, -0.1) is 0 Å². The monoisotopic (exact) mass is 481 g/mol. The van der Waals surface area contributed by atoms with E-state index in [1.807, 2.05) is 30.3 Å². The number of fused-ring (bicyclic) bond motifs is 1. The number of rotatable bonds is 5. The van der Waals surface area contributed by atoms with E-state index in [1.165, 1.54) is 11.1 Å². The van der Waals surface area contributed by atoms with Crippen molar-refractivity contribution in [2.75, 3.05) is 9.96 Å². The maximum absolute atomic E-state index is 13.6. The van der Waals surface area contributed by atoms with E-state index < -0.39 is 34.8 Å². The van der Waals surface area contributed by atoms with E-state index in [4.69, 9.17) is 9.25 Å². The van der Waals surface area contributed by atoms with Crippen LogP contribution in [0.5, 0.6) is 0 Å². The lowest BCUT2D eigenvalue weighted by Crippen LogP contribution is -2.37. The number of hydrogen-bond donors (Lipinski definition) is 0. The number of imide groups is 1. The molecule has 4 aromatic rings. The number of nitro benzene ring substituents is 1. The lowest BCUT2D eigenvalue weighted by molar-refractivity contribution is -0.384. The average Bonchev–Trinajstić information content (AvgIpc) is 3.60. The molecule has 178 valence electrons. The molecule has 3 atom stereocenters. The summed E-state index contributed by atoms with van der Waals surface area (Å²) < 4.78 is 6.12. The number of anilines is 2. The van der Waals surface area contributed by atoms with Gasteiger partial charge in [-0.25, -0.2) is 9.96 Å². The van der Waals surface area contributed by atoms with Crippen LogP contribution in [-0.2, 0) is 14.4 Å². The highest BCUT2D eigenvalue weighted by molar-refractivity contribution is 6.23. The predicted molar refractivity (Wildman–Crippen MR) is 130 cm³/mol. The number of hydroxylamine groups is 1. The van der Waals surface area contributed by atoms with Crippen molar-refractivity contribution in [2.24, 2.45) is 5.92 Å². The Morgan fingerprint density at radius 1 is 0.750 bits per heavy atom. The highest BCUT2D eigenvalue weighted by Gasteiger charge is 2.61. The molecular formula is C27H19N3O6. The molecule has 0 N–H and O–H groups in total. The van der Waals surface area contributed by atoms with Crippen LogP contribution in [0, 0.1) is 16.0 Å². The lowest BCUT2D eigenvalue weighted by Gasteiger charge is -2.27. The molecule has 3 heterocycles. The molecule has 0 saturated carbocycles. The minimum Gasteiger partial charge on any atom is -0.458 e. The Balaban J connectivity index is 1.44. The van der Waals surface area contributed by atoms with E-state index in [9.17, 15) is 19.7 Å². The van der Waals surface area contributed by atoms with E-state index >= 15 is 0 Å². The fraction of sp³-hybridized carbons (Fsp3) is 0.111. The Hall–Kier alpha value is -4.76. The molecule has 0 unspecified atom stereocenters. The maximum Gasteiger partial charge on any atom is 0.280 e. The summed E-state index contributed by atoms with van der Waals surface area (Å²) in [5, 5.41) is 13.1. The third-order valence-corrected chi connectivity index (χ3v) is 6.42. The molecule has 0 bridgehead atoms. The van der Waals surface area contributed by atoms with Crippen LogP contribution in [0.25, 0.3) is 11.3 Å². The first-order valence-electron chi connectivity index (χ1n) is 11.3. The smallest absolute Gasteiger partial charge is 0.280 e. The average molecular weight is 481 g/mol. The number of furan rings is 1. The molecule has 6 rings (SSSR count). The number of para-hydroxylation sites is 3. The van der Waals surface area contributed by atoms with Gasteiger partial charge in [0.1, 0.15) is 23.5 Å². The summed E-state index contributed by atoms with van der Waals surface area (Å²) in [5.41, 5.74) is 1.33. The number of nitro groups is 1. The summed E-state index contributed by atoms with van der Waals surface area (Å²) in [4.78, 5) is 45.3. The molecule has 9 nitrogen and oxygen atoms in total. The SMILES string of the molecule is O=C1[C@@H]2[C@@H](ON(c3ccccc3)[C@H]2c2ccc(-c3ccccc3[N+](=O)[O-])o2)C(=O)N1c1ccccc1. The molecule has 36 heavy (non-hydrogen) atoms. The second-order valence-electron chi connectivity index (χ2n) is 8.48. The molecule has 2 aliphatic rings. The summed E-state index contributed by atoms with van der Waals surface area (Å²) in [6.45, 7) is 0. The zero-order chi connectivity index (χ0) is 24.8. The summed E-state index contributed by atoms with van der Waals surface area (Å²) in [6.07, 6.45) is -1.04. The molecule has 2 amide bonds. The van der Waals surface area contributed by atoms with Gasteiger partial charge in [0.15, 0.2) is 6.10 Å². The van der Waals surface area contributed by atoms with Crippen molar-refractivity contribution >= 4 is 28.9 Å². The van der Waals surface area contributed by atoms with Crippen molar-refractivity contribution in [1.29, 1.82) is 0 Å². The van der Waals surface area contributed by atoms with Gasteiger partial charge in [-0.05, 0) is 42.5 Å². The van der Waals surface area contributed by atoms with E-state index in [0.29, 0.717) is 22.7 Å². The topological polar surface area (TPSA) is 106 Å².